The van der Waals surface area contributed by atoms with Gasteiger partial charge in [-0.25, -0.2) is 0 Å². The van der Waals surface area contributed by atoms with Crippen LogP contribution in [0.25, 0.3) is 0 Å². The minimum Gasteiger partial charge on any atom is -0.378 e. The van der Waals surface area contributed by atoms with E-state index >= 15 is 0 Å². The number of hydrogen-bond donors (Lipinski definition) is 2. The number of rotatable bonds is 3. The smallest absolute Gasteiger partial charge is 0.257 e. The van der Waals surface area contributed by atoms with E-state index in [4.69, 9.17) is 0 Å². The van der Waals surface area contributed by atoms with Crippen LogP contribution in [0.1, 0.15) is 11.7 Å². The Kier molecular flexibility index (Phi) is 3.44. The van der Waals surface area contributed by atoms with Crippen LogP contribution in [0.15, 0.2) is 18.2 Å². The second-order valence-corrected chi connectivity index (χ2v) is 4.81. The van der Waals surface area contributed by atoms with E-state index in [0.29, 0.717) is 11.3 Å². The fourth-order valence-corrected chi connectivity index (χ4v) is 1.91. The van der Waals surface area contributed by atoms with Crippen molar-refractivity contribution >= 4 is 23.2 Å². The highest BCUT2D eigenvalue weighted by atomic mass is 16.3. The molecule has 0 bridgehead atoms. The molecule has 0 spiro atoms. The first kappa shape index (κ1) is 13.4. The summed E-state index contributed by atoms with van der Waals surface area (Å²) in [6, 6.07) is 5.24. The van der Waals surface area contributed by atoms with Crippen LogP contribution in [0.3, 0.4) is 0 Å². The number of fused-ring (bicyclic) bond motifs is 1. The van der Waals surface area contributed by atoms with Gasteiger partial charge in [0.05, 0.1) is 6.54 Å². The van der Waals surface area contributed by atoms with Crippen molar-refractivity contribution < 1.29 is 14.7 Å². The molecular formula is C13H17N3O3. The average Bonchev–Trinajstić information content (AvgIpc) is 2.64. The van der Waals surface area contributed by atoms with Crippen molar-refractivity contribution in [1.82, 2.24) is 4.90 Å². The van der Waals surface area contributed by atoms with E-state index in [2.05, 4.69) is 5.32 Å². The Hall–Kier alpha value is -2.08. The third kappa shape index (κ3) is 2.53. The number of nitrogens with one attached hydrogen (secondary N) is 1. The van der Waals surface area contributed by atoms with Gasteiger partial charge >= 0.3 is 0 Å². The molecule has 1 aromatic rings. The fraction of sp³-hybridized carbons (Fsp3) is 0.385. The molecule has 1 unspecified atom stereocenters. The van der Waals surface area contributed by atoms with Crippen LogP contribution in [0.5, 0.6) is 0 Å². The van der Waals surface area contributed by atoms with Gasteiger partial charge in [-0.15, -0.1) is 0 Å². The lowest BCUT2D eigenvalue weighted by molar-refractivity contribution is -0.127. The Morgan fingerprint density at radius 1 is 1.37 bits per heavy atom. The summed E-state index contributed by atoms with van der Waals surface area (Å²) in [7, 11) is 5.21. The van der Waals surface area contributed by atoms with Gasteiger partial charge in [0.2, 0.25) is 5.91 Å². The molecule has 0 saturated heterocycles. The zero-order chi connectivity index (χ0) is 14.2. The molecule has 2 rings (SSSR count). The van der Waals surface area contributed by atoms with Crippen LogP contribution in [-0.4, -0.2) is 49.5 Å². The predicted octanol–water partition coefficient (Wildman–Crippen LogP) is 0.196. The Morgan fingerprint density at radius 3 is 2.68 bits per heavy atom. The molecule has 102 valence electrons. The van der Waals surface area contributed by atoms with E-state index in [1.165, 1.54) is 4.90 Å². The van der Waals surface area contributed by atoms with E-state index < -0.39 is 12.0 Å². The molecule has 1 aliphatic rings. The first-order chi connectivity index (χ1) is 8.90. The molecule has 0 saturated carbocycles. The molecular weight excluding hydrogens is 246 g/mol. The Bertz CT molecular complexity index is 528. The maximum absolute atomic E-state index is 11.6. The third-order valence-electron chi connectivity index (χ3n) is 3.15. The highest BCUT2D eigenvalue weighted by Crippen LogP contribution is 2.33. The predicted molar refractivity (Wildman–Crippen MR) is 72.0 cm³/mol. The van der Waals surface area contributed by atoms with Crippen molar-refractivity contribution in [1.29, 1.82) is 0 Å². The summed E-state index contributed by atoms with van der Waals surface area (Å²) in [6.45, 7) is 0.252. The molecule has 2 N–H and O–H groups in total. The van der Waals surface area contributed by atoms with Gasteiger partial charge in [0.25, 0.3) is 5.91 Å². The molecule has 0 radical (unpaired) electrons. The third-order valence-corrected chi connectivity index (χ3v) is 3.15. The number of amides is 2. The van der Waals surface area contributed by atoms with E-state index in [-0.39, 0.29) is 12.5 Å². The minimum atomic E-state index is -1.10. The van der Waals surface area contributed by atoms with Crippen molar-refractivity contribution in [2.24, 2.45) is 0 Å². The number of anilines is 2. The summed E-state index contributed by atoms with van der Waals surface area (Å²) < 4.78 is 0. The van der Waals surface area contributed by atoms with Crippen LogP contribution in [0.4, 0.5) is 11.4 Å². The van der Waals surface area contributed by atoms with Crippen LogP contribution >= 0.6 is 0 Å². The normalized spacial score (nSPS) is 16.8. The number of aliphatic hydroxyl groups is 1. The molecule has 0 aliphatic carbocycles. The van der Waals surface area contributed by atoms with Gasteiger partial charge in [0.1, 0.15) is 0 Å². The summed E-state index contributed by atoms with van der Waals surface area (Å²) in [4.78, 5) is 26.3. The van der Waals surface area contributed by atoms with E-state index in [1.54, 1.807) is 44.2 Å². The second-order valence-electron chi connectivity index (χ2n) is 4.81. The number of carbonyl (C=O) groups is 2. The molecule has 6 heteroatoms. The van der Waals surface area contributed by atoms with Crippen molar-refractivity contribution in [3.05, 3.63) is 23.8 Å². The summed E-state index contributed by atoms with van der Waals surface area (Å²) in [6.07, 6.45) is -1.10. The first-order valence-electron chi connectivity index (χ1n) is 5.94. The van der Waals surface area contributed by atoms with Gasteiger partial charge in [0.15, 0.2) is 6.10 Å². The van der Waals surface area contributed by atoms with Crippen LogP contribution in [0.2, 0.25) is 0 Å². The number of likely N-dealkylation sites (N-methyl/N-ethyl adjacent to an activating group) is 2. The number of benzene rings is 1. The lowest BCUT2D eigenvalue weighted by atomic mass is 10.1. The van der Waals surface area contributed by atoms with Gasteiger partial charge in [-0.1, -0.05) is 6.07 Å². The van der Waals surface area contributed by atoms with E-state index in [9.17, 15) is 14.7 Å². The van der Waals surface area contributed by atoms with E-state index in [0.717, 1.165) is 5.69 Å². The molecule has 1 aliphatic heterocycles. The Balaban J connectivity index is 2.17. The Morgan fingerprint density at radius 2 is 2.05 bits per heavy atom. The summed E-state index contributed by atoms with van der Waals surface area (Å²) >= 11 is 0. The quantitative estimate of drug-likeness (QED) is 0.817. The van der Waals surface area contributed by atoms with Gasteiger partial charge in [-0.05, 0) is 12.1 Å². The zero-order valence-electron chi connectivity index (χ0n) is 11.2. The van der Waals surface area contributed by atoms with Crippen molar-refractivity contribution in [2.75, 3.05) is 37.9 Å². The maximum atomic E-state index is 11.6. The number of aliphatic hydroxyl groups excluding tert-OH is 1. The monoisotopic (exact) mass is 263 g/mol. The standard InChI is InChI=1S/C13H17N3O3/c1-15(2)11(17)7-16(3)8-4-5-9-10(6-8)14-13(19)12(9)18/h4-6,12,18H,7H2,1-3H3,(H,14,19). The molecule has 2 amide bonds. The summed E-state index contributed by atoms with van der Waals surface area (Å²) in [5, 5.41) is 12.2. The van der Waals surface area contributed by atoms with Gasteiger partial charge < -0.3 is 20.2 Å². The fourth-order valence-electron chi connectivity index (χ4n) is 1.91. The second kappa shape index (κ2) is 4.89. The molecule has 1 heterocycles. The number of carbonyl (C=O) groups excluding carboxylic acids is 2. The number of nitrogens with zero attached hydrogens (tertiary/aromatic N) is 2. The van der Waals surface area contributed by atoms with Crippen molar-refractivity contribution in [2.45, 2.75) is 6.10 Å². The topological polar surface area (TPSA) is 72.9 Å². The molecule has 0 fully saturated rings. The van der Waals surface area contributed by atoms with Gasteiger partial charge in [-0.2, -0.15) is 0 Å². The maximum Gasteiger partial charge on any atom is 0.257 e. The van der Waals surface area contributed by atoms with Gasteiger partial charge in [0, 0.05) is 38.1 Å². The lowest BCUT2D eigenvalue weighted by Gasteiger charge is -2.21. The molecule has 6 nitrogen and oxygen atoms in total. The largest absolute Gasteiger partial charge is 0.378 e. The summed E-state index contributed by atoms with van der Waals surface area (Å²) in [5.74, 6) is -0.425. The average molecular weight is 263 g/mol. The highest BCUT2D eigenvalue weighted by molar-refractivity contribution is 6.02. The Labute approximate surface area is 111 Å². The van der Waals surface area contributed by atoms with E-state index in [1.807, 2.05) is 0 Å². The summed E-state index contributed by atoms with van der Waals surface area (Å²) in [5.41, 5.74) is 1.98. The molecule has 1 aromatic carbocycles. The molecule has 1 atom stereocenters. The lowest BCUT2D eigenvalue weighted by Crippen LogP contribution is -2.34. The SMILES string of the molecule is CN(C)C(=O)CN(C)c1ccc2c(c1)NC(=O)C2O. The molecule has 0 aromatic heterocycles. The van der Waals surface area contributed by atoms with Crippen molar-refractivity contribution in [3.63, 3.8) is 0 Å². The van der Waals surface area contributed by atoms with Crippen LogP contribution in [-0.2, 0) is 9.59 Å². The van der Waals surface area contributed by atoms with Crippen molar-refractivity contribution in [3.8, 4) is 0 Å². The molecule has 19 heavy (non-hydrogen) atoms. The minimum absolute atomic E-state index is 0.00734. The zero-order valence-corrected chi connectivity index (χ0v) is 11.2. The number of hydrogen-bond acceptors (Lipinski definition) is 4. The van der Waals surface area contributed by atoms with Crippen LogP contribution in [0, 0.1) is 0 Å². The first-order valence-corrected chi connectivity index (χ1v) is 5.94. The van der Waals surface area contributed by atoms with Crippen LogP contribution < -0.4 is 10.2 Å². The highest BCUT2D eigenvalue weighted by Gasteiger charge is 2.28. The van der Waals surface area contributed by atoms with Gasteiger partial charge in [-0.3, -0.25) is 9.59 Å².